The molecule has 2 aromatic rings. The van der Waals surface area contributed by atoms with Gasteiger partial charge in [-0.2, -0.15) is 0 Å². The first-order valence-corrected chi connectivity index (χ1v) is 8.03. The fourth-order valence-electron chi connectivity index (χ4n) is 2.43. The van der Waals surface area contributed by atoms with E-state index < -0.39 is 6.09 Å². The van der Waals surface area contributed by atoms with Crippen LogP contribution in [0.15, 0.2) is 22.8 Å². The van der Waals surface area contributed by atoms with Crippen LogP contribution in [0.4, 0.5) is 9.93 Å². The van der Waals surface area contributed by atoms with Crippen molar-refractivity contribution in [3.8, 4) is 11.5 Å². The van der Waals surface area contributed by atoms with Crippen molar-refractivity contribution in [3.63, 3.8) is 0 Å². The number of ketones is 1. The number of aromatic nitrogens is 1. The van der Waals surface area contributed by atoms with Crippen molar-refractivity contribution in [1.29, 1.82) is 0 Å². The summed E-state index contributed by atoms with van der Waals surface area (Å²) >= 11 is 1.08. The Morgan fingerprint density at radius 1 is 1.39 bits per heavy atom. The average molecular weight is 336 g/mol. The van der Waals surface area contributed by atoms with Gasteiger partial charge in [0.2, 0.25) is 0 Å². The molecular weight excluding hydrogens is 320 g/mol. The lowest BCUT2D eigenvalue weighted by molar-refractivity contribution is 0.0547. The second kappa shape index (κ2) is 6.51. The Morgan fingerprint density at radius 2 is 2.13 bits per heavy atom. The van der Waals surface area contributed by atoms with Crippen molar-refractivity contribution in [2.24, 2.45) is 5.92 Å². The number of Topliss-reactive ketones (excluding diaryl/α,β-unsaturated/α-hetero) is 1. The molecule has 8 heteroatoms. The summed E-state index contributed by atoms with van der Waals surface area (Å²) in [6.07, 6.45) is 1.70. The van der Waals surface area contributed by atoms with E-state index in [4.69, 9.17) is 14.3 Å². The zero-order valence-electron chi connectivity index (χ0n) is 12.5. The summed E-state index contributed by atoms with van der Waals surface area (Å²) in [5.41, 5.74) is 0.402. The molecule has 7 nitrogen and oxygen atoms in total. The standard InChI is InChI=1S/C15H16N2O5S/c1-17(15(19)20)14-16-11(10-3-2-6-22-10)13(23-14)12(18)9-4-7-21-8-5-9/h2-3,6,9H,4-5,7-8H2,1H3,(H,19,20). The molecule has 0 aromatic carbocycles. The third kappa shape index (κ3) is 3.13. The van der Waals surface area contributed by atoms with E-state index in [9.17, 15) is 9.59 Å². The number of anilines is 1. The van der Waals surface area contributed by atoms with Gasteiger partial charge < -0.3 is 14.3 Å². The van der Waals surface area contributed by atoms with Gasteiger partial charge in [0, 0.05) is 26.2 Å². The second-order valence-corrected chi connectivity index (χ2v) is 6.22. The Labute approximate surface area is 136 Å². The zero-order valence-corrected chi connectivity index (χ0v) is 13.3. The van der Waals surface area contributed by atoms with Crippen molar-refractivity contribution in [2.75, 3.05) is 25.2 Å². The number of nitrogens with zero attached hydrogens (tertiary/aromatic N) is 2. The highest BCUT2D eigenvalue weighted by Gasteiger charge is 2.30. The average Bonchev–Trinajstić information content (AvgIpc) is 3.23. The lowest BCUT2D eigenvalue weighted by atomic mass is 9.94. The van der Waals surface area contributed by atoms with Gasteiger partial charge in [0.15, 0.2) is 16.7 Å². The molecule has 0 bridgehead atoms. The number of hydrogen-bond acceptors (Lipinski definition) is 6. The smallest absolute Gasteiger partial charge is 0.413 e. The van der Waals surface area contributed by atoms with E-state index in [1.165, 1.54) is 13.3 Å². The molecule has 0 atom stereocenters. The molecule has 23 heavy (non-hydrogen) atoms. The van der Waals surface area contributed by atoms with Crippen LogP contribution >= 0.6 is 11.3 Å². The first-order valence-electron chi connectivity index (χ1n) is 7.21. The van der Waals surface area contributed by atoms with E-state index in [0.29, 0.717) is 42.4 Å². The zero-order chi connectivity index (χ0) is 16.4. The molecule has 122 valence electrons. The molecule has 2 aromatic heterocycles. The Hall–Kier alpha value is -2.19. The van der Waals surface area contributed by atoms with E-state index in [1.54, 1.807) is 12.1 Å². The maximum atomic E-state index is 12.8. The minimum Gasteiger partial charge on any atom is -0.465 e. The van der Waals surface area contributed by atoms with Gasteiger partial charge in [-0.15, -0.1) is 0 Å². The van der Waals surface area contributed by atoms with Crippen LogP contribution in [0.1, 0.15) is 22.5 Å². The third-order valence-corrected chi connectivity index (χ3v) is 4.91. The van der Waals surface area contributed by atoms with Gasteiger partial charge in [-0.3, -0.25) is 9.69 Å². The van der Waals surface area contributed by atoms with Crippen molar-refractivity contribution >= 4 is 28.3 Å². The molecule has 1 aliphatic rings. The van der Waals surface area contributed by atoms with Crippen LogP contribution in [0.2, 0.25) is 0 Å². The van der Waals surface area contributed by atoms with Crippen molar-refractivity contribution in [1.82, 2.24) is 4.98 Å². The SMILES string of the molecule is CN(C(=O)O)c1nc(-c2ccco2)c(C(=O)C2CCOCC2)s1. The minimum atomic E-state index is -1.13. The van der Waals surface area contributed by atoms with Crippen LogP contribution in [-0.2, 0) is 4.74 Å². The van der Waals surface area contributed by atoms with Crippen LogP contribution in [0, 0.1) is 5.92 Å². The van der Waals surface area contributed by atoms with Gasteiger partial charge in [0.1, 0.15) is 10.6 Å². The van der Waals surface area contributed by atoms with Crippen molar-refractivity contribution in [3.05, 3.63) is 23.3 Å². The number of carboxylic acid groups (broad SMARTS) is 1. The summed E-state index contributed by atoms with van der Waals surface area (Å²) in [7, 11) is 1.40. The number of ether oxygens (including phenoxy) is 1. The molecule has 1 aliphatic heterocycles. The summed E-state index contributed by atoms with van der Waals surface area (Å²) in [6.45, 7) is 1.13. The van der Waals surface area contributed by atoms with Crippen LogP contribution in [0.3, 0.4) is 0 Å². The van der Waals surface area contributed by atoms with Crippen LogP contribution in [0.5, 0.6) is 0 Å². The summed E-state index contributed by atoms with van der Waals surface area (Å²) in [5, 5.41) is 9.37. The monoisotopic (exact) mass is 336 g/mol. The molecule has 1 N–H and O–H groups in total. The molecule has 0 aliphatic carbocycles. The Bertz CT molecular complexity index is 704. The summed E-state index contributed by atoms with van der Waals surface area (Å²) in [5.74, 6) is 0.310. The van der Waals surface area contributed by atoms with Crippen LogP contribution in [0.25, 0.3) is 11.5 Å². The van der Waals surface area contributed by atoms with E-state index in [0.717, 1.165) is 16.2 Å². The van der Waals surface area contributed by atoms with E-state index in [2.05, 4.69) is 4.98 Å². The summed E-state index contributed by atoms with van der Waals surface area (Å²) < 4.78 is 10.6. The van der Waals surface area contributed by atoms with Gasteiger partial charge in [0.25, 0.3) is 0 Å². The molecule has 0 saturated carbocycles. The number of carbonyl (C=O) groups is 2. The lowest BCUT2D eigenvalue weighted by Crippen LogP contribution is -2.23. The topological polar surface area (TPSA) is 92.9 Å². The predicted octanol–water partition coefficient (Wildman–Crippen LogP) is 3.13. The Kier molecular flexibility index (Phi) is 4.44. The van der Waals surface area contributed by atoms with Gasteiger partial charge in [-0.1, -0.05) is 11.3 Å². The fraction of sp³-hybridized carbons (Fsp3) is 0.400. The quantitative estimate of drug-likeness (QED) is 0.862. The number of thiazole rings is 1. The molecular formula is C15H16N2O5S. The number of amides is 1. The van der Waals surface area contributed by atoms with Crippen molar-refractivity contribution in [2.45, 2.75) is 12.8 Å². The number of rotatable bonds is 4. The van der Waals surface area contributed by atoms with Crippen LogP contribution in [-0.4, -0.2) is 42.2 Å². The number of furan rings is 1. The first-order chi connectivity index (χ1) is 11.1. The molecule has 1 saturated heterocycles. The summed E-state index contributed by atoms with van der Waals surface area (Å²) in [4.78, 5) is 29.7. The Morgan fingerprint density at radius 3 is 2.74 bits per heavy atom. The maximum Gasteiger partial charge on any atom is 0.413 e. The fourth-order valence-corrected chi connectivity index (χ4v) is 3.47. The van der Waals surface area contributed by atoms with Gasteiger partial charge >= 0.3 is 6.09 Å². The minimum absolute atomic E-state index is 0.0257. The molecule has 3 heterocycles. The van der Waals surface area contributed by atoms with Crippen LogP contribution < -0.4 is 4.90 Å². The molecule has 3 rings (SSSR count). The third-order valence-electron chi connectivity index (χ3n) is 3.76. The lowest BCUT2D eigenvalue weighted by Gasteiger charge is -2.20. The molecule has 1 fully saturated rings. The van der Waals surface area contributed by atoms with Gasteiger partial charge in [-0.05, 0) is 25.0 Å². The molecule has 0 unspecified atom stereocenters. The second-order valence-electron chi connectivity index (χ2n) is 5.24. The normalized spacial score (nSPS) is 15.5. The highest BCUT2D eigenvalue weighted by molar-refractivity contribution is 7.18. The van der Waals surface area contributed by atoms with E-state index in [1.807, 2.05) is 0 Å². The predicted molar refractivity (Wildman–Crippen MR) is 84.1 cm³/mol. The number of hydrogen-bond donors (Lipinski definition) is 1. The van der Waals surface area contributed by atoms with Crippen molar-refractivity contribution < 1.29 is 23.8 Å². The van der Waals surface area contributed by atoms with E-state index >= 15 is 0 Å². The maximum absolute atomic E-state index is 12.8. The first kappa shape index (κ1) is 15.7. The highest BCUT2D eigenvalue weighted by atomic mass is 32.1. The number of carbonyl (C=O) groups excluding carboxylic acids is 1. The largest absolute Gasteiger partial charge is 0.465 e. The van der Waals surface area contributed by atoms with Gasteiger partial charge in [-0.25, -0.2) is 9.78 Å². The summed E-state index contributed by atoms with van der Waals surface area (Å²) in [6, 6.07) is 3.42. The molecule has 0 spiro atoms. The van der Waals surface area contributed by atoms with Gasteiger partial charge in [0.05, 0.1) is 6.26 Å². The molecule has 0 radical (unpaired) electrons. The van der Waals surface area contributed by atoms with E-state index in [-0.39, 0.29) is 16.8 Å². The Balaban J connectivity index is 1.99. The molecule has 1 amide bonds. The highest BCUT2D eigenvalue weighted by Crippen LogP contribution is 2.36.